The van der Waals surface area contributed by atoms with Crippen molar-refractivity contribution < 1.29 is 4.74 Å². The SMILES string of the molecule is CC(N)C1CN(C2CCCC2)CCO1. The summed E-state index contributed by atoms with van der Waals surface area (Å²) < 4.78 is 5.66. The van der Waals surface area contributed by atoms with E-state index in [1.54, 1.807) is 0 Å². The molecule has 2 aliphatic rings. The predicted molar refractivity (Wildman–Crippen MR) is 57.2 cm³/mol. The van der Waals surface area contributed by atoms with Gasteiger partial charge in [-0.05, 0) is 19.8 Å². The van der Waals surface area contributed by atoms with Gasteiger partial charge in [0.15, 0.2) is 0 Å². The first-order valence-corrected chi connectivity index (χ1v) is 5.88. The first-order valence-electron chi connectivity index (χ1n) is 5.88. The molecule has 2 unspecified atom stereocenters. The number of rotatable bonds is 2. The van der Waals surface area contributed by atoms with Gasteiger partial charge in [-0.25, -0.2) is 0 Å². The lowest BCUT2D eigenvalue weighted by molar-refractivity contribution is -0.0506. The fraction of sp³-hybridized carbons (Fsp3) is 1.00. The monoisotopic (exact) mass is 198 g/mol. The second kappa shape index (κ2) is 4.60. The predicted octanol–water partition coefficient (Wildman–Crippen LogP) is 0.977. The second-order valence-corrected chi connectivity index (χ2v) is 4.70. The van der Waals surface area contributed by atoms with Gasteiger partial charge in [-0.1, -0.05) is 12.8 Å². The maximum Gasteiger partial charge on any atom is 0.0850 e. The molecule has 2 rings (SSSR count). The van der Waals surface area contributed by atoms with Crippen molar-refractivity contribution in [3.8, 4) is 0 Å². The number of nitrogens with zero attached hydrogens (tertiary/aromatic N) is 1. The van der Waals surface area contributed by atoms with Crippen LogP contribution in [0.2, 0.25) is 0 Å². The zero-order valence-electron chi connectivity index (χ0n) is 9.11. The minimum absolute atomic E-state index is 0.166. The van der Waals surface area contributed by atoms with E-state index in [2.05, 4.69) is 4.90 Å². The number of nitrogens with two attached hydrogens (primary N) is 1. The first kappa shape index (κ1) is 10.4. The van der Waals surface area contributed by atoms with Gasteiger partial charge in [0.1, 0.15) is 0 Å². The highest BCUT2D eigenvalue weighted by Gasteiger charge is 2.29. The van der Waals surface area contributed by atoms with Crippen LogP contribution in [0.25, 0.3) is 0 Å². The van der Waals surface area contributed by atoms with Gasteiger partial charge in [0, 0.05) is 25.2 Å². The Morgan fingerprint density at radius 2 is 2.07 bits per heavy atom. The molecule has 2 atom stereocenters. The minimum Gasteiger partial charge on any atom is -0.374 e. The van der Waals surface area contributed by atoms with Crippen molar-refractivity contribution in [3.05, 3.63) is 0 Å². The van der Waals surface area contributed by atoms with Crippen LogP contribution in [-0.2, 0) is 4.74 Å². The van der Waals surface area contributed by atoms with Crippen LogP contribution < -0.4 is 5.73 Å². The van der Waals surface area contributed by atoms with Gasteiger partial charge in [-0.3, -0.25) is 4.90 Å². The molecule has 2 fully saturated rings. The number of hydrogen-bond acceptors (Lipinski definition) is 3. The summed E-state index contributed by atoms with van der Waals surface area (Å²) in [5.41, 5.74) is 5.88. The van der Waals surface area contributed by atoms with E-state index in [0.717, 1.165) is 25.7 Å². The molecule has 1 aliphatic carbocycles. The van der Waals surface area contributed by atoms with Gasteiger partial charge in [0.2, 0.25) is 0 Å². The summed E-state index contributed by atoms with van der Waals surface area (Å²) in [6.45, 7) is 5.06. The molecule has 0 aromatic carbocycles. The molecule has 0 amide bonds. The molecule has 0 aromatic heterocycles. The maximum atomic E-state index is 5.88. The molecule has 1 aliphatic heterocycles. The number of hydrogen-bond donors (Lipinski definition) is 1. The molecular formula is C11H22N2O. The van der Waals surface area contributed by atoms with E-state index in [1.807, 2.05) is 6.92 Å². The van der Waals surface area contributed by atoms with Crippen LogP contribution in [0.1, 0.15) is 32.6 Å². The Morgan fingerprint density at radius 1 is 1.36 bits per heavy atom. The summed E-state index contributed by atoms with van der Waals surface area (Å²) in [5.74, 6) is 0. The lowest BCUT2D eigenvalue weighted by Crippen LogP contribution is -2.52. The van der Waals surface area contributed by atoms with Crippen molar-refractivity contribution in [2.75, 3.05) is 19.7 Å². The van der Waals surface area contributed by atoms with Crippen molar-refractivity contribution in [3.63, 3.8) is 0 Å². The summed E-state index contributed by atoms with van der Waals surface area (Å²) in [4.78, 5) is 2.59. The van der Waals surface area contributed by atoms with E-state index in [4.69, 9.17) is 10.5 Å². The third-order valence-corrected chi connectivity index (χ3v) is 3.55. The second-order valence-electron chi connectivity index (χ2n) is 4.70. The molecule has 0 aromatic rings. The fourth-order valence-corrected chi connectivity index (χ4v) is 2.62. The Morgan fingerprint density at radius 3 is 2.71 bits per heavy atom. The fourth-order valence-electron chi connectivity index (χ4n) is 2.62. The van der Waals surface area contributed by atoms with Gasteiger partial charge in [0.05, 0.1) is 12.7 Å². The lowest BCUT2D eigenvalue weighted by Gasteiger charge is -2.38. The Hall–Kier alpha value is -0.120. The van der Waals surface area contributed by atoms with Crippen LogP contribution in [0.3, 0.4) is 0 Å². The molecule has 1 saturated heterocycles. The molecule has 1 saturated carbocycles. The van der Waals surface area contributed by atoms with E-state index in [1.165, 1.54) is 25.7 Å². The molecule has 1 heterocycles. The highest BCUT2D eigenvalue weighted by atomic mass is 16.5. The third-order valence-electron chi connectivity index (χ3n) is 3.55. The van der Waals surface area contributed by atoms with Crippen molar-refractivity contribution in [1.29, 1.82) is 0 Å². The van der Waals surface area contributed by atoms with Crippen molar-refractivity contribution in [2.24, 2.45) is 5.73 Å². The molecule has 82 valence electrons. The molecule has 0 bridgehead atoms. The van der Waals surface area contributed by atoms with E-state index in [9.17, 15) is 0 Å². The summed E-state index contributed by atoms with van der Waals surface area (Å²) in [5, 5.41) is 0. The van der Waals surface area contributed by atoms with E-state index in [-0.39, 0.29) is 12.1 Å². The smallest absolute Gasteiger partial charge is 0.0850 e. The summed E-state index contributed by atoms with van der Waals surface area (Å²) in [6.07, 6.45) is 5.83. The summed E-state index contributed by atoms with van der Waals surface area (Å²) in [6, 6.07) is 0.986. The van der Waals surface area contributed by atoms with Gasteiger partial charge in [0.25, 0.3) is 0 Å². The molecule has 14 heavy (non-hydrogen) atoms. The van der Waals surface area contributed by atoms with Gasteiger partial charge in [-0.15, -0.1) is 0 Å². The molecule has 0 radical (unpaired) electrons. The highest BCUT2D eigenvalue weighted by molar-refractivity contribution is 4.84. The Kier molecular flexibility index (Phi) is 3.42. The Labute approximate surface area is 86.6 Å². The minimum atomic E-state index is 0.166. The van der Waals surface area contributed by atoms with Gasteiger partial charge >= 0.3 is 0 Å². The standard InChI is InChI=1S/C11H22N2O/c1-9(12)11-8-13(6-7-14-11)10-4-2-3-5-10/h9-11H,2-8,12H2,1H3. The summed E-state index contributed by atoms with van der Waals surface area (Å²) in [7, 11) is 0. The van der Waals surface area contributed by atoms with Crippen LogP contribution >= 0.6 is 0 Å². The third kappa shape index (κ3) is 2.27. The summed E-state index contributed by atoms with van der Waals surface area (Å²) >= 11 is 0. The van der Waals surface area contributed by atoms with Crippen molar-refractivity contribution in [2.45, 2.75) is 50.8 Å². The van der Waals surface area contributed by atoms with E-state index >= 15 is 0 Å². The normalized spacial score (nSPS) is 33.4. The number of ether oxygens (including phenoxy) is 1. The average molecular weight is 198 g/mol. The van der Waals surface area contributed by atoms with E-state index < -0.39 is 0 Å². The van der Waals surface area contributed by atoms with Gasteiger partial charge in [-0.2, -0.15) is 0 Å². The highest BCUT2D eigenvalue weighted by Crippen LogP contribution is 2.25. The Bertz CT molecular complexity index is 178. The topological polar surface area (TPSA) is 38.5 Å². The lowest BCUT2D eigenvalue weighted by atomic mass is 10.1. The van der Waals surface area contributed by atoms with Crippen LogP contribution in [-0.4, -0.2) is 42.8 Å². The Balaban J connectivity index is 1.86. The van der Waals surface area contributed by atoms with E-state index in [0.29, 0.717) is 0 Å². The zero-order valence-corrected chi connectivity index (χ0v) is 9.11. The van der Waals surface area contributed by atoms with Gasteiger partial charge < -0.3 is 10.5 Å². The molecule has 3 nitrogen and oxygen atoms in total. The first-order chi connectivity index (χ1) is 6.77. The number of morpholine rings is 1. The van der Waals surface area contributed by atoms with Crippen molar-refractivity contribution >= 4 is 0 Å². The van der Waals surface area contributed by atoms with Crippen LogP contribution in [0.5, 0.6) is 0 Å². The molecule has 3 heteroatoms. The van der Waals surface area contributed by atoms with Crippen LogP contribution in [0.15, 0.2) is 0 Å². The largest absolute Gasteiger partial charge is 0.374 e. The quantitative estimate of drug-likeness (QED) is 0.719. The average Bonchev–Trinajstić information content (AvgIpc) is 2.71. The zero-order chi connectivity index (χ0) is 9.97. The van der Waals surface area contributed by atoms with Crippen LogP contribution in [0, 0.1) is 0 Å². The molecular weight excluding hydrogens is 176 g/mol. The maximum absolute atomic E-state index is 5.88. The van der Waals surface area contributed by atoms with Crippen molar-refractivity contribution in [1.82, 2.24) is 4.90 Å². The molecule has 0 spiro atoms. The molecule has 2 N–H and O–H groups in total. The van der Waals surface area contributed by atoms with Crippen LogP contribution in [0.4, 0.5) is 0 Å².